The molecule has 3 rings (SSSR count). The molecule has 0 aromatic heterocycles. The first kappa shape index (κ1) is 20.6. The number of nitrogens with one attached hydrogen (secondary N) is 1. The molecule has 1 aliphatic carbocycles. The van der Waals surface area contributed by atoms with Gasteiger partial charge in [-0.05, 0) is 25.0 Å². The number of hydrogen-bond donors (Lipinski definition) is 2. The van der Waals surface area contributed by atoms with Crippen LogP contribution in [0.15, 0.2) is 29.3 Å². The van der Waals surface area contributed by atoms with Gasteiger partial charge in [-0.2, -0.15) is 0 Å². The summed E-state index contributed by atoms with van der Waals surface area (Å²) in [4.78, 5) is 17.9. The van der Waals surface area contributed by atoms with Gasteiger partial charge < -0.3 is 20.7 Å². The van der Waals surface area contributed by atoms with Crippen molar-refractivity contribution in [1.29, 1.82) is 0 Å². The van der Waals surface area contributed by atoms with Crippen LogP contribution in [0, 0.1) is 5.92 Å². The average Bonchev–Trinajstić information content (AvgIpc) is 3.29. The van der Waals surface area contributed by atoms with Gasteiger partial charge in [-0.15, -0.1) is 37.1 Å². The number of carbonyl (C=O) groups excluding carboxylic acids is 1. The van der Waals surface area contributed by atoms with Crippen molar-refractivity contribution in [2.75, 3.05) is 18.4 Å². The normalized spacial score (nSPS) is 20.7. The first-order chi connectivity index (χ1) is 11.8. The zero-order valence-electron chi connectivity index (χ0n) is 13.8. The Bertz CT molecular complexity index is 680. The van der Waals surface area contributed by atoms with Crippen LogP contribution in [-0.4, -0.2) is 42.3 Å². The smallest absolute Gasteiger partial charge is 0.404 e. The van der Waals surface area contributed by atoms with E-state index >= 15 is 0 Å². The average molecular weight is 484 g/mol. The Morgan fingerprint density at radius 1 is 1.35 bits per heavy atom. The molecular weight excluding hydrogens is 464 g/mol. The molecule has 1 heterocycles. The number of rotatable bonds is 5. The highest BCUT2D eigenvalue weighted by Gasteiger charge is 2.39. The van der Waals surface area contributed by atoms with E-state index in [4.69, 9.17) is 5.73 Å². The van der Waals surface area contributed by atoms with Gasteiger partial charge in [-0.3, -0.25) is 9.79 Å². The predicted octanol–water partition coefficient (Wildman–Crippen LogP) is 2.94. The second kappa shape index (κ2) is 8.31. The van der Waals surface area contributed by atoms with E-state index in [1.165, 1.54) is 18.2 Å². The summed E-state index contributed by atoms with van der Waals surface area (Å²) in [5.41, 5.74) is 5.83. The van der Waals surface area contributed by atoms with E-state index in [9.17, 15) is 18.0 Å². The van der Waals surface area contributed by atoms with Crippen LogP contribution in [0.5, 0.6) is 5.75 Å². The summed E-state index contributed by atoms with van der Waals surface area (Å²) in [6.45, 7) is 1.00. The Balaban J connectivity index is 0.00000243. The largest absolute Gasteiger partial charge is 0.573 e. The van der Waals surface area contributed by atoms with Gasteiger partial charge in [0.2, 0.25) is 5.91 Å². The quantitative estimate of drug-likeness (QED) is 0.383. The van der Waals surface area contributed by atoms with Gasteiger partial charge in [0.05, 0.1) is 5.69 Å². The molecule has 1 amide bonds. The highest BCUT2D eigenvalue weighted by molar-refractivity contribution is 14.0. The molecule has 1 unspecified atom stereocenters. The minimum Gasteiger partial charge on any atom is -0.404 e. The number of carbonyl (C=O) groups is 1. The molecule has 0 bridgehead atoms. The molecule has 0 spiro atoms. The fraction of sp³-hybridized carbons (Fsp3) is 0.500. The van der Waals surface area contributed by atoms with Gasteiger partial charge in [0.25, 0.3) is 0 Å². The van der Waals surface area contributed by atoms with Crippen molar-refractivity contribution in [3.8, 4) is 5.75 Å². The van der Waals surface area contributed by atoms with Crippen LogP contribution in [0.1, 0.15) is 19.3 Å². The second-order valence-electron chi connectivity index (χ2n) is 6.24. The number of ether oxygens (including phenoxy) is 1. The Morgan fingerprint density at radius 3 is 2.69 bits per heavy atom. The molecule has 2 fully saturated rings. The fourth-order valence-corrected chi connectivity index (χ4v) is 2.86. The summed E-state index contributed by atoms with van der Waals surface area (Å²) in [5, 5.41) is 2.62. The molecule has 1 saturated heterocycles. The molecule has 1 aromatic rings. The lowest BCUT2D eigenvalue weighted by Gasteiger charge is -2.15. The van der Waals surface area contributed by atoms with Crippen LogP contribution in [0.4, 0.5) is 18.9 Å². The molecule has 26 heavy (non-hydrogen) atoms. The molecular formula is C16H20F3IN4O2. The SMILES string of the molecule is I.NC(=NCC1CC(=O)N(C2CC2)C1)Nc1ccccc1OC(F)(F)F. The highest BCUT2D eigenvalue weighted by Crippen LogP contribution is 2.33. The van der Waals surface area contributed by atoms with Gasteiger partial charge in [-0.25, -0.2) is 0 Å². The first-order valence-corrected chi connectivity index (χ1v) is 8.03. The Morgan fingerprint density at radius 2 is 2.04 bits per heavy atom. The molecule has 6 nitrogen and oxygen atoms in total. The molecule has 144 valence electrons. The van der Waals surface area contributed by atoms with Crippen molar-refractivity contribution in [3.05, 3.63) is 24.3 Å². The number of aliphatic imine (C=N–C) groups is 1. The summed E-state index contributed by atoms with van der Waals surface area (Å²) in [6, 6.07) is 5.96. The van der Waals surface area contributed by atoms with Crippen LogP contribution in [0.3, 0.4) is 0 Å². The number of nitrogens with zero attached hydrogens (tertiary/aromatic N) is 2. The van der Waals surface area contributed by atoms with Gasteiger partial charge >= 0.3 is 6.36 Å². The maximum Gasteiger partial charge on any atom is 0.573 e. The van der Waals surface area contributed by atoms with Crippen molar-refractivity contribution < 1.29 is 22.7 Å². The van der Waals surface area contributed by atoms with E-state index in [2.05, 4.69) is 15.0 Å². The van der Waals surface area contributed by atoms with Crippen molar-refractivity contribution in [2.45, 2.75) is 31.7 Å². The standard InChI is InChI=1S/C16H19F3N4O2.HI/c17-16(18,19)25-13-4-2-1-3-12(13)22-15(20)21-8-10-7-14(24)23(9-10)11-5-6-11;/h1-4,10-11H,5-9H2,(H3,20,21,22);1H. The van der Waals surface area contributed by atoms with Crippen molar-refractivity contribution in [2.24, 2.45) is 16.6 Å². The fourth-order valence-electron chi connectivity index (χ4n) is 2.86. The summed E-state index contributed by atoms with van der Waals surface area (Å²) in [5.74, 6) is -0.187. The molecule has 0 radical (unpaired) electrons. The number of alkyl halides is 3. The zero-order valence-corrected chi connectivity index (χ0v) is 16.2. The second-order valence-corrected chi connectivity index (χ2v) is 6.24. The van der Waals surface area contributed by atoms with Gasteiger partial charge in [0.1, 0.15) is 0 Å². The number of anilines is 1. The summed E-state index contributed by atoms with van der Waals surface area (Å²) >= 11 is 0. The van der Waals surface area contributed by atoms with Gasteiger partial charge in [0.15, 0.2) is 11.7 Å². The van der Waals surface area contributed by atoms with Crippen LogP contribution >= 0.6 is 24.0 Å². The molecule has 1 saturated carbocycles. The number of amides is 1. The minimum atomic E-state index is -4.79. The lowest BCUT2D eigenvalue weighted by molar-refractivity contribution is -0.274. The monoisotopic (exact) mass is 484 g/mol. The van der Waals surface area contributed by atoms with E-state index in [1.54, 1.807) is 6.07 Å². The van der Waals surface area contributed by atoms with E-state index < -0.39 is 6.36 Å². The molecule has 1 aromatic carbocycles. The van der Waals surface area contributed by atoms with Crippen LogP contribution < -0.4 is 15.8 Å². The number of benzene rings is 1. The Hall–Kier alpha value is -1.72. The Kier molecular flexibility index (Phi) is 6.58. The summed E-state index contributed by atoms with van der Waals surface area (Å²) in [6.07, 6.45) is -2.25. The maximum absolute atomic E-state index is 12.4. The number of halogens is 4. The van der Waals surface area contributed by atoms with Crippen LogP contribution in [0.2, 0.25) is 0 Å². The molecule has 10 heteroatoms. The Labute approximate surface area is 166 Å². The number of hydrogen-bond acceptors (Lipinski definition) is 3. The molecule has 3 N–H and O–H groups in total. The predicted molar refractivity (Wildman–Crippen MR) is 101 cm³/mol. The third-order valence-corrected chi connectivity index (χ3v) is 4.12. The number of nitrogens with two attached hydrogens (primary N) is 1. The summed E-state index contributed by atoms with van der Waals surface area (Å²) in [7, 11) is 0. The van der Waals surface area contributed by atoms with Crippen molar-refractivity contribution >= 4 is 41.5 Å². The number of guanidine groups is 1. The highest BCUT2D eigenvalue weighted by atomic mass is 127. The van der Waals surface area contributed by atoms with E-state index in [0.29, 0.717) is 25.6 Å². The topological polar surface area (TPSA) is 80.0 Å². The lowest BCUT2D eigenvalue weighted by atomic mass is 10.1. The van der Waals surface area contributed by atoms with Crippen molar-refractivity contribution in [1.82, 2.24) is 4.90 Å². The maximum atomic E-state index is 12.4. The van der Waals surface area contributed by atoms with Crippen molar-refractivity contribution in [3.63, 3.8) is 0 Å². The van der Waals surface area contributed by atoms with Crippen LogP contribution in [0.25, 0.3) is 0 Å². The third kappa shape index (κ3) is 5.64. The molecule has 1 atom stereocenters. The van der Waals surface area contributed by atoms with Crippen LogP contribution in [-0.2, 0) is 4.79 Å². The first-order valence-electron chi connectivity index (χ1n) is 8.03. The van der Waals surface area contributed by atoms with E-state index in [1.807, 2.05) is 4.90 Å². The van der Waals surface area contributed by atoms with Gasteiger partial charge in [0, 0.05) is 31.5 Å². The minimum absolute atomic E-state index is 0. The lowest BCUT2D eigenvalue weighted by Crippen LogP contribution is -2.28. The molecule has 1 aliphatic heterocycles. The zero-order chi connectivity index (χ0) is 18.0. The van der Waals surface area contributed by atoms with E-state index in [-0.39, 0.29) is 53.2 Å². The van der Waals surface area contributed by atoms with Gasteiger partial charge in [-0.1, -0.05) is 12.1 Å². The van der Waals surface area contributed by atoms with E-state index in [0.717, 1.165) is 12.8 Å². The third-order valence-electron chi connectivity index (χ3n) is 4.12. The summed E-state index contributed by atoms with van der Waals surface area (Å²) < 4.78 is 41.2. The molecule has 2 aliphatic rings. The number of likely N-dealkylation sites (tertiary alicyclic amines) is 1. The number of para-hydroxylation sites is 2.